The molecule has 1 aromatic carbocycles. The molecule has 1 aromatic heterocycles. The molecule has 0 aliphatic carbocycles. The van der Waals surface area contributed by atoms with Crippen LogP contribution < -0.4 is 0 Å². The Kier molecular flexibility index (Phi) is 2.67. The zero-order valence-electron chi connectivity index (χ0n) is 7.31. The maximum atomic E-state index is 9.59. The van der Waals surface area contributed by atoms with Gasteiger partial charge in [0.05, 0.1) is 5.69 Å². The smallest absolute Gasteiger partial charge is 0.124 e. The second-order valence-corrected chi connectivity index (χ2v) is 4.12. The number of benzene rings is 1. The molecule has 1 heterocycles. The van der Waals surface area contributed by atoms with Crippen molar-refractivity contribution in [1.29, 1.82) is 0 Å². The molecule has 70 valence electrons. The molecule has 0 saturated heterocycles. The number of phenols is 1. The third-order valence-electron chi connectivity index (χ3n) is 1.91. The number of rotatable bonds is 1. The van der Waals surface area contributed by atoms with E-state index in [4.69, 9.17) is 0 Å². The molecule has 1 N–H and O–H groups in total. The van der Waals surface area contributed by atoms with E-state index in [0.717, 1.165) is 14.8 Å². The van der Waals surface area contributed by atoms with Crippen LogP contribution in [0.4, 0.5) is 0 Å². The topological polar surface area (TPSA) is 33.1 Å². The fourth-order valence-electron chi connectivity index (χ4n) is 1.23. The number of hydrogen-bond donors (Lipinski definition) is 1. The maximum absolute atomic E-state index is 9.59. The van der Waals surface area contributed by atoms with Crippen molar-refractivity contribution in [3.8, 4) is 17.0 Å². The molecule has 2 nitrogen and oxygen atoms in total. The van der Waals surface area contributed by atoms with Crippen LogP contribution in [-0.4, -0.2) is 10.1 Å². The van der Waals surface area contributed by atoms with Gasteiger partial charge in [0, 0.05) is 15.3 Å². The number of para-hydroxylation sites is 1. The molecule has 0 aliphatic heterocycles. The van der Waals surface area contributed by atoms with Gasteiger partial charge in [-0.05, 0) is 46.9 Å². The summed E-state index contributed by atoms with van der Waals surface area (Å²) >= 11 is 2.20. The molecular weight excluding hydrogens is 289 g/mol. The molecule has 0 aliphatic rings. The summed E-state index contributed by atoms with van der Waals surface area (Å²) in [5, 5.41) is 9.59. The van der Waals surface area contributed by atoms with Crippen LogP contribution in [0.2, 0.25) is 0 Å². The van der Waals surface area contributed by atoms with Crippen molar-refractivity contribution < 1.29 is 5.11 Å². The van der Waals surface area contributed by atoms with Crippen LogP contribution in [0.3, 0.4) is 0 Å². The van der Waals surface area contributed by atoms with Gasteiger partial charge in [0.15, 0.2) is 0 Å². The number of phenolic OH excluding ortho intramolecular Hbond substituents is 1. The van der Waals surface area contributed by atoms with Crippen LogP contribution in [-0.2, 0) is 0 Å². The Balaban J connectivity index is 2.50. The zero-order valence-corrected chi connectivity index (χ0v) is 9.47. The fraction of sp³-hybridized carbons (Fsp3) is 0. The Bertz CT molecular complexity index is 439. The van der Waals surface area contributed by atoms with E-state index in [2.05, 4.69) is 27.6 Å². The van der Waals surface area contributed by atoms with E-state index in [0.29, 0.717) is 0 Å². The SMILES string of the molecule is Oc1ccccc1-c1ccc(I)cn1. The standard InChI is InChI=1S/C11H8INO/c12-8-5-6-10(13-7-8)9-3-1-2-4-11(9)14/h1-7,14H. The number of hydrogen-bond acceptors (Lipinski definition) is 2. The number of pyridine rings is 1. The Morgan fingerprint density at radius 1 is 1.07 bits per heavy atom. The monoisotopic (exact) mass is 297 g/mol. The van der Waals surface area contributed by atoms with Gasteiger partial charge in [-0.3, -0.25) is 4.98 Å². The normalized spacial score (nSPS) is 10.1. The fourth-order valence-corrected chi connectivity index (χ4v) is 1.54. The van der Waals surface area contributed by atoms with Gasteiger partial charge in [-0.1, -0.05) is 12.1 Å². The summed E-state index contributed by atoms with van der Waals surface area (Å²) in [4.78, 5) is 4.24. The van der Waals surface area contributed by atoms with Crippen LogP contribution in [0.15, 0.2) is 42.6 Å². The molecule has 2 rings (SSSR count). The predicted molar refractivity (Wildman–Crippen MR) is 64.1 cm³/mol. The summed E-state index contributed by atoms with van der Waals surface area (Å²) in [6, 6.07) is 11.1. The number of halogens is 1. The van der Waals surface area contributed by atoms with E-state index in [1.54, 1.807) is 18.3 Å². The summed E-state index contributed by atoms with van der Waals surface area (Å²) in [5.74, 6) is 0.265. The van der Waals surface area contributed by atoms with Crippen molar-refractivity contribution in [3.05, 3.63) is 46.2 Å². The largest absolute Gasteiger partial charge is 0.507 e. The maximum Gasteiger partial charge on any atom is 0.124 e. The van der Waals surface area contributed by atoms with E-state index in [1.807, 2.05) is 24.3 Å². The minimum Gasteiger partial charge on any atom is -0.507 e. The molecule has 0 saturated carbocycles. The van der Waals surface area contributed by atoms with Gasteiger partial charge in [0.2, 0.25) is 0 Å². The van der Waals surface area contributed by atoms with E-state index in [1.165, 1.54) is 0 Å². The van der Waals surface area contributed by atoms with Gasteiger partial charge < -0.3 is 5.11 Å². The highest BCUT2D eigenvalue weighted by Gasteiger charge is 2.03. The van der Waals surface area contributed by atoms with Crippen molar-refractivity contribution in [2.24, 2.45) is 0 Å². The van der Waals surface area contributed by atoms with Crippen molar-refractivity contribution in [2.75, 3.05) is 0 Å². The highest BCUT2D eigenvalue weighted by molar-refractivity contribution is 14.1. The van der Waals surface area contributed by atoms with Crippen molar-refractivity contribution in [3.63, 3.8) is 0 Å². The quantitative estimate of drug-likeness (QED) is 0.821. The van der Waals surface area contributed by atoms with Crippen LogP contribution in [0.1, 0.15) is 0 Å². The van der Waals surface area contributed by atoms with E-state index >= 15 is 0 Å². The predicted octanol–water partition coefficient (Wildman–Crippen LogP) is 3.06. The third kappa shape index (κ3) is 1.87. The Morgan fingerprint density at radius 2 is 1.86 bits per heavy atom. The third-order valence-corrected chi connectivity index (χ3v) is 2.55. The van der Waals surface area contributed by atoms with Gasteiger partial charge in [0.25, 0.3) is 0 Å². The van der Waals surface area contributed by atoms with Crippen LogP contribution in [0.25, 0.3) is 11.3 Å². The molecule has 0 bridgehead atoms. The summed E-state index contributed by atoms with van der Waals surface area (Å²) in [5.41, 5.74) is 1.56. The van der Waals surface area contributed by atoms with Crippen molar-refractivity contribution in [2.45, 2.75) is 0 Å². The molecule has 0 amide bonds. The van der Waals surface area contributed by atoms with E-state index in [9.17, 15) is 5.11 Å². The Labute approximate surface area is 95.8 Å². The number of nitrogens with zero attached hydrogens (tertiary/aromatic N) is 1. The first-order valence-corrected chi connectivity index (χ1v) is 5.25. The molecule has 0 atom stereocenters. The van der Waals surface area contributed by atoms with Gasteiger partial charge in [-0.2, -0.15) is 0 Å². The summed E-state index contributed by atoms with van der Waals surface area (Å²) in [7, 11) is 0. The lowest BCUT2D eigenvalue weighted by atomic mass is 10.1. The van der Waals surface area contributed by atoms with E-state index < -0.39 is 0 Å². The molecule has 2 aromatic rings. The van der Waals surface area contributed by atoms with Crippen LogP contribution in [0, 0.1) is 3.57 Å². The Hall–Kier alpha value is -1.10. The molecule has 0 spiro atoms. The minimum absolute atomic E-state index is 0.265. The molecule has 0 fully saturated rings. The molecular formula is C11H8INO. The second kappa shape index (κ2) is 3.96. The highest BCUT2D eigenvalue weighted by atomic mass is 127. The molecule has 14 heavy (non-hydrogen) atoms. The van der Waals surface area contributed by atoms with Crippen molar-refractivity contribution >= 4 is 22.6 Å². The first-order chi connectivity index (χ1) is 6.77. The molecule has 3 heteroatoms. The van der Waals surface area contributed by atoms with E-state index in [-0.39, 0.29) is 5.75 Å². The first kappa shape index (κ1) is 9.45. The van der Waals surface area contributed by atoms with Gasteiger partial charge >= 0.3 is 0 Å². The lowest BCUT2D eigenvalue weighted by Gasteiger charge is -2.02. The van der Waals surface area contributed by atoms with Crippen LogP contribution >= 0.6 is 22.6 Å². The average molecular weight is 297 g/mol. The molecule has 0 radical (unpaired) electrons. The van der Waals surface area contributed by atoms with Crippen molar-refractivity contribution in [1.82, 2.24) is 4.98 Å². The highest BCUT2D eigenvalue weighted by Crippen LogP contribution is 2.26. The number of aromatic hydroxyl groups is 1. The lowest BCUT2D eigenvalue weighted by Crippen LogP contribution is -1.83. The second-order valence-electron chi connectivity index (χ2n) is 2.88. The van der Waals surface area contributed by atoms with Crippen LogP contribution in [0.5, 0.6) is 5.75 Å². The summed E-state index contributed by atoms with van der Waals surface area (Å²) in [6.45, 7) is 0. The Morgan fingerprint density at radius 3 is 2.50 bits per heavy atom. The molecule has 0 unspecified atom stereocenters. The lowest BCUT2D eigenvalue weighted by molar-refractivity contribution is 0.477. The minimum atomic E-state index is 0.265. The van der Waals surface area contributed by atoms with Gasteiger partial charge in [0.1, 0.15) is 5.75 Å². The van der Waals surface area contributed by atoms with Gasteiger partial charge in [-0.25, -0.2) is 0 Å². The van der Waals surface area contributed by atoms with Gasteiger partial charge in [-0.15, -0.1) is 0 Å². The first-order valence-electron chi connectivity index (χ1n) is 4.17. The number of aromatic nitrogens is 1. The zero-order chi connectivity index (χ0) is 9.97. The summed E-state index contributed by atoms with van der Waals surface area (Å²) in [6.07, 6.45) is 1.78. The average Bonchev–Trinajstić information content (AvgIpc) is 2.20. The summed E-state index contributed by atoms with van der Waals surface area (Å²) < 4.78 is 1.08.